The van der Waals surface area contributed by atoms with Crippen LogP contribution in [-0.2, 0) is 0 Å². The molecule has 0 saturated carbocycles. The molecule has 0 aromatic carbocycles. The molecule has 0 aromatic rings. The molecule has 0 heterocycles. The average molecular weight is 154 g/mol. The van der Waals surface area contributed by atoms with E-state index in [4.69, 9.17) is 5.73 Å². The van der Waals surface area contributed by atoms with Crippen LogP contribution < -0.4 is 5.73 Å². The Balaban J connectivity index is 0. The van der Waals surface area contributed by atoms with E-state index < -0.39 is 0 Å². The van der Waals surface area contributed by atoms with Crippen LogP contribution in [0.3, 0.4) is 0 Å². The Morgan fingerprint density at radius 3 is 2.36 bits per heavy atom. The van der Waals surface area contributed by atoms with Gasteiger partial charge in [0.05, 0.1) is 0 Å². The first-order valence-corrected chi connectivity index (χ1v) is 3.56. The van der Waals surface area contributed by atoms with E-state index in [0.29, 0.717) is 0 Å². The molecule has 2 N–H and O–H groups in total. The summed E-state index contributed by atoms with van der Waals surface area (Å²) < 4.78 is 0. The zero-order valence-corrected chi connectivity index (χ0v) is 7.51. The van der Waals surface area contributed by atoms with Crippen molar-refractivity contribution in [3.63, 3.8) is 0 Å². The Hall–Kier alpha value is -0.890. The third kappa shape index (κ3) is 12.3. The van der Waals surface area contributed by atoms with Crippen LogP contribution in [0.4, 0.5) is 0 Å². The number of aliphatic imine (C=N–C) groups is 1. The number of rotatable bonds is 3. The Kier molecular flexibility index (Phi) is 10.6. The molecule has 0 aliphatic heterocycles. The van der Waals surface area contributed by atoms with Crippen LogP contribution in [0.2, 0.25) is 0 Å². The van der Waals surface area contributed by atoms with Crippen molar-refractivity contribution < 1.29 is 0 Å². The van der Waals surface area contributed by atoms with Gasteiger partial charge in [-0.2, -0.15) is 0 Å². The first kappa shape index (κ1) is 12.8. The third-order valence-corrected chi connectivity index (χ3v) is 0.929. The van der Waals surface area contributed by atoms with Crippen molar-refractivity contribution in [3.05, 3.63) is 25.9 Å². The minimum absolute atomic E-state index is 0.202. The second-order valence-corrected chi connectivity index (χ2v) is 2.23. The zero-order chi connectivity index (χ0) is 9.28. The molecule has 0 amide bonds. The van der Waals surface area contributed by atoms with E-state index in [1.807, 2.05) is 13.8 Å². The topological polar surface area (TPSA) is 38.4 Å². The van der Waals surface area contributed by atoms with Crippen molar-refractivity contribution in [1.82, 2.24) is 0 Å². The lowest BCUT2D eigenvalue weighted by atomic mass is 10.2. The Morgan fingerprint density at radius 1 is 1.64 bits per heavy atom. The van der Waals surface area contributed by atoms with Gasteiger partial charge in [-0.3, -0.25) is 4.99 Å². The highest BCUT2D eigenvalue weighted by Crippen LogP contribution is 1.90. The SMILES string of the molecule is C=C.C=CN=C(C)CC(C)N. The molecule has 2 nitrogen and oxygen atoms in total. The van der Waals surface area contributed by atoms with Crippen molar-refractivity contribution in [2.75, 3.05) is 0 Å². The normalized spacial score (nSPS) is 12.8. The van der Waals surface area contributed by atoms with Crippen LogP contribution in [0.15, 0.2) is 30.9 Å². The van der Waals surface area contributed by atoms with Gasteiger partial charge in [0.2, 0.25) is 0 Å². The summed E-state index contributed by atoms with van der Waals surface area (Å²) in [6.07, 6.45) is 2.39. The third-order valence-electron chi connectivity index (χ3n) is 0.929. The summed E-state index contributed by atoms with van der Waals surface area (Å²) in [7, 11) is 0. The molecular weight excluding hydrogens is 136 g/mol. The van der Waals surface area contributed by atoms with Gasteiger partial charge in [0.25, 0.3) is 0 Å². The Bertz CT molecular complexity index is 126. The van der Waals surface area contributed by atoms with E-state index in [2.05, 4.69) is 24.7 Å². The van der Waals surface area contributed by atoms with Crippen LogP contribution in [0.25, 0.3) is 0 Å². The van der Waals surface area contributed by atoms with E-state index in [-0.39, 0.29) is 6.04 Å². The van der Waals surface area contributed by atoms with Gasteiger partial charge in [-0.25, -0.2) is 0 Å². The summed E-state index contributed by atoms with van der Waals surface area (Å²) >= 11 is 0. The molecule has 0 rings (SSSR count). The summed E-state index contributed by atoms with van der Waals surface area (Å²) in [5.74, 6) is 0. The van der Waals surface area contributed by atoms with Gasteiger partial charge in [-0.05, 0) is 13.8 Å². The van der Waals surface area contributed by atoms with E-state index in [9.17, 15) is 0 Å². The lowest BCUT2D eigenvalue weighted by Gasteiger charge is -2.01. The van der Waals surface area contributed by atoms with Gasteiger partial charge >= 0.3 is 0 Å². The van der Waals surface area contributed by atoms with Gasteiger partial charge in [0.15, 0.2) is 0 Å². The molecule has 0 saturated heterocycles. The van der Waals surface area contributed by atoms with E-state index in [1.54, 1.807) is 0 Å². The lowest BCUT2D eigenvalue weighted by Crippen LogP contribution is -2.17. The first-order valence-electron chi connectivity index (χ1n) is 3.56. The van der Waals surface area contributed by atoms with Crippen molar-refractivity contribution in [2.45, 2.75) is 26.3 Å². The number of nitrogens with zero attached hydrogens (tertiary/aromatic N) is 1. The molecule has 0 spiro atoms. The maximum Gasteiger partial charge on any atom is 0.0195 e. The molecule has 64 valence electrons. The predicted molar refractivity (Wildman–Crippen MR) is 52.8 cm³/mol. The predicted octanol–water partition coefficient (Wildman–Crippen LogP) is 2.13. The summed E-state index contributed by atoms with van der Waals surface area (Å²) in [5, 5.41) is 0. The minimum Gasteiger partial charge on any atom is -0.328 e. The second kappa shape index (κ2) is 9.11. The van der Waals surface area contributed by atoms with Crippen molar-refractivity contribution >= 4 is 5.71 Å². The standard InChI is InChI=1S/C7H14N2.C2H4/c1-4-9-7(3)5-6(2)8;1-2/h4,6H,1,5,8H2,2-3H3;1-2H2. The molecule has 1 atom stereocenters. The summed E-state index contributed by atoms with van der Waals surface area (Å²) in [4.78, 5) is 3.97. The fourth-order valence-electron chi connectivity index (χ4n) is 0.675. The molecule has 0 aliphatic rings. The van der Waals surface area contributed by atoms with Gasteiger partial charge < -0.3 is 5.73 Å². The first-order chi connectivity index (χ1) is 5.16. The highest BCUT2D eigenvalue weighted by atomic mass is 14.7. The Labute approximate surface area is 69.5 Å². The van der Waals surface area contributed by atoms with Crippen molar-refractivity contribution in [1.29, 1.82) is 0 Å². The van der Waals surface area contributed by atoms with Gasteiger partial charge in [0.1, 0.15) is 0 Å². The van der Waals surface area contributed by atoms with Crippen LogP contribution in [0.5, 0.6) is 0 Å². The molecule has 0 aromatic heterocycles. The van der Waals surface area contributed by atoms with Crippen molar-refractivity contribution in [2.24, 2.45) is 10.7 Å². The lowest BCUT2D eigenvalue weighted by molar-refractivity contribution is 0.777. The summed E-state index contributed by atoms with van der Waals surface area (Å²) in [5.41, 5.74) is 6.55. The molecule has 0 fully saturated rings. The highest BCUT2D eigenvalue weighted by Gasteiger charge is 1.94. The van der Waals surface area contributed by atoms with E-state index in [0.717, 1.165) is 12.1 Å². The van der Waals surface area contributed by atoms with Crippen LogP contribution in [0, 0.1) is 0 Å². The molecule has 0 radical (unpaired) electrons. The zero-order valence-electron chi connectivity index (χ0n) is 7.51. The summed E-state index contributed by atoms with van der Waals surface area (Å²) in [6, 6.07) is 0.202. The minimum atomic E-state index is 0.202. The molecule has 11 heavy (non-hydrogen) atoms. The Morgan fingerprint density at radius 2 is 2.09 bits per heavy atom. The monoisotopic (exact) mass is 154 g/mol. The smallest absolute Gasteiger partial charge is 0.0195 e. The molecule has 0 bridgehead atoms. The second-order valence-electron chi connectivity index (χ2n) is 2.23. The number of nitrogens with two attached hydrogens (primary N) is 1. The van der Waals surface area contributed by atoms with Crippen LogP contribution in [-0.4, -0.2) is 11.8 Å². The van der Waals surface area contributed by atoms with E-state index >= 15 is 0 Å². The van der Waals surface area contributed by atoms with Crippen LogP contribution in [0.1, 0.15) is 20.3 Å². The maximum absolute atomic E-state index is 5.51. The van der Waals surface area contributed by atoms with Crippen molar-refractivity contribution in [3.8, 4) is 0 Å². The average Bonchev–Trinajstić information content (AvgIpc) is 1.91. The maximum atomic E-state index is 5.51. The van der Waals surface area contributed by atoms with Crippen LogP contribution >= 0.6 is 0 Å². The number of hydrogen-bond acceptors (Lipinski definition) is 2. The molecular formula is C9H18N2. The molecule has 1 unspecified atom stereocenters. The highest BCUT2D eigenvalue weighted by molar-refractivity contribution is 5.82. The van der Waals surface area contributed by atoms with Gasteiger partial charge in [-0.15, -0.1) is 13.2 Å². The van der Waals surface area contributed by atoms with E-state index in [1.165, 1.54) is 6.20 Å². The molecule has 2 heteroatoms. The number of hydrogen-bond donors (Lipinski definition) is 1. The quantitative estimate of drug-likeness (QED) is 0.491. The van der Waals surface area contributed by atoms with Gasteiger partial charge in [0, 0.05) is 24.4 Å². The van der Waals surface area contributed by atoms with Gasteiger partial charge in [-0.1, -0.05) is 6.58 Å². The fraction of sp³-hybridized carbons (Fsp3) is 0.444. The molecule has 0 aliphatic carbocycles. The summed E-state index contributed by atoms with van der Waals surface area (Å²) in [6.45, 7) is 13.4. The largest absolute Gasteiger partial charge is 0.328 e. The fourth-order valence-corrected chi connectivity index (χ4v) is 0.675.